The van der Waals surface area contributed by atoms with Crippen molar-refractivity contribution < 1.29 is 4.79 Å². The molecule has 0 spiro atoms. The number of rotatable bonds is 3. The average molecular weight is 342 g/mol. The van der Waals surface area contributed by atoms with Gasteiger partial charge in [0.25, 0.3) is 0 Å². The Morgan fingerprint density at radius 3 is 2.79 bits per heavy atom. The van der Waals surface area contributed by atoms with Crippen molar-refractivity contribution in [3.8, 4) is 0 Å². The van der Waals surface area contributed by atoms with Crippen LogP contribution in [0.5, 0.6) is 0 Å². The topological polar surface area (TPSA) is 49.3 Å². The van der Waals surface area contributed by atoms with Crippen LogP contribution in [-0.4, -0.2) is 40.4 Å². The maximum Gasteiger partial charge on any atom is 0.227 e. The van der Waals surface area contributed by atoms with Crippen LogP contribution in [0.4, 0.5) is 5.95 Å². The number of hydrogen-bond acceptors (Lipinski definition) is 5. The summed E-state index contributed by atoms with van der Waals surface area (Å²) in [6, 6.07) is 4.25. The maximum atomic E-state index is 13.1. The largest absolute Gasteiger partial charge is 0.340 e. The molecule has 6 heteroatoms. The van der Waals surface area contributed by atoms with Crippen LogP contribution in [0.2, 0.25) is 0 Å². The summed E-state index contributed by atoms with van der Waals surface area (Å²) in [6.45, 7) is 2.55. The molecule has 24 heavy (non-hydrogen) atoms. The predicted molar refractivity (Wildman–Crippen MR) is 95.0 cm³/mol. The van der Waals surface area contributed by atoms with Crippen molar-refractivity contribution >= 4 is 23.2 Å². The van der Waals surface area contributed by atoms with E-state index in [1.54, 1.807) is 23.7 Å². The first-order valence-corrected chi connectivity index (χ1v) is 9.62. The van der Waals surface area contributed by atoms with Crippen molar-refractivity contribution in [3.63, 3.8) is 0 Å². The summed E-state index contributed by atoms with van der Waals surface area (Å²) in [7, 11) is 0. The van der Waals surface area contributed by atoms with Gasteiger partial charge in [-0.1, -0.05) is 0 Å². The van der Waals surface area contributed by atoms with Crippen molar-refractivity contribution in [2.24, 2.45) is 5.92 Å². The van der Waals surface area contributed by atoms with E-state index in [4.69, 9.17) is 0 Å². The monoisotopic (exact) mass is 342 g/mol. The van der Waals surface area contributed by atoms with E-state index in [-0.39, 0.29) is 12.0 Å². The van der Waals surface area contributed by atoms with Gasteiger partial charge in [0, 0.05) is 32.0 Å². The lowest BCUT2D eigenvalue weighted by Gasteiger charge is -2.35. The highest BCUT2D eigenvalue weighted by Crippen LogP contribution is 2.35. The molecule has 2 aromatic rings. The van der Waals surface area contributed by atoms with E-state index in [1.807, 2.05) is 6.07 Å². The lowest BCUT2D eigenvalue weighted by molar-refractivity contribution is -0.136. The van der Waals surface area contributed by atoms with Crippen molar-refractivity contribution in [2.45, 2.75) is 31.7 Å². The lowest BCUT2D eigenvalue weighted by atomic mass is 9.96. The van der Waals surface area contributed by atoms with Crippen LogP contribution in [0.25, 0.3) is 0 Å². The number of anilines is 1. The Morgan fingerprint density at radius 2 is 2.00 bits per heavy atom. The van der Waals surface area contributed by atoms with Gasteiger partial charge in [-0.3, -0.25) is 4.79 Å². The van der Waals surface area contributed by atoms with Crippen LogP contribution in [0, 0.1) is 5.92 Å². The van der Waals surface area contributed by atoms with E-state index in [1.165, 1.54) is 5.56 Å². The smallest absolute Gasteiger partial charge is 0.227 e. The molecule has 2 fully saturated rings. The Labute approximate surface area is 146 Å². The second-order valence-electron chi connectivity index (χ2n) is 6.58. The Balaban J connectivity index is 1.47. The maximum absolute atomic E-state index is 13.1. The second kappa shape index (κ2) is 6.89. The summed E-state index contributed by atoms with van der Waals surface area (Å²) < 4.78 is 0. The van der Waals surface area contributed by atoms with Crippen LogP contribution in [0.3, 0.4) is 0 Å². The number of carbonyl (C=O) groups is 1. The van der Waals surface area contributed by atoms with Gasteiger partial charge in [-0.05, 0) is 54.1 Å². The summed E-state index contributed by atoms with van der Waals surface area (Å²) >= 11 is 1.71. The van der Waals surface area contributed by atoms with Crippen LogP contribution in [0.1, 0.15) is 37.3 Å². The molecular weight excluding hydrogens is 320 g/mol. The molecule has 2 aromatic heterocycles. The highest BCUT2D eigenvalue weighted by Gasteiger charge is 2.36. The number of piperidine rings is 1. The first kappa shape index (κ1) is 15.6. The quantitative estimate of drug-likeness (QED) is 0.860. The van der Waals surface area contributed by atoms with Crippen molar-refractivity contribution in [2.75, 3.05) is 24.5 Å². The molecule has 0 aromatic carbocycles. The van der Waals surface area contributed by atoms with Crippen LogP contribution >= 0.6 is 11.3 Å². The van der Waals surface area contributed by atoms with Crippen LogP contribution < -0.4 is 4.90 Å². The normalized spacial score (nSPS) is 24.3. The molecule has 0 saturated carbocycles. The van der Waals surface area contributed by atoms with E-state index in [9.17, 15) is 4.79 Å². The molecule has 2 saturated heterocycles. The fraction of sp³-hybridized carbons (Fsp3) is 0.500. The number of carbonyl (C=O) groups excluding carboxylic acids is 1. The second-order valence-corrected chi connectivity index (χ2v) is 7.36. The van der Waals surface area contributed by atoms with Gasteiger partial charge in [0.05, 0.1) is 12.0 Å². The number of thiophene rings is 1. The van der Waals surface area contributed by atoms with E-state index in [0.29, 0.717) is 5.91 Å². The molecule has 0 radical (unpaired) electrons. The van der Waals surface area contributed by atoms with Gasteiger partial charge in [0.1, 0.15) is 0 Å². The molecule has 5 nitrogen and oxygen atoms in total. The molecule has 1 amide bonds. The number of hydrogen-bond donors (Lipinski definition) is 0. The molecule has 2 atom stereocenters. The fourth-order valence-corrected chi connectivity index (χ4v) is 4.60. The Kier molecular flexibility index (Phi) is 4.47. The Morgan fingerprint density at radius 1 is 1.17 bits per heavy atom. The van der Waals surface area contributed by atoms with E-state index < -0.39 is 0 Å². The van der Waals surface area contributed by atoms with Gasteiger partial charge >= 0.3 is 0 Å². The molecule has 2 aliphatic rings. The molecule has 4 heterocycles. The highest BCUT2D eigenvalue weighted by molar-refractivity contribution is 7.07. The third-order valence-electron chi connectivity index (χ3n) is 5.07. The first-order chi connectivity index (χ1) is 11.8. The zero-order valence-corrected chi connectivity index (χ0v) is 14.5. The van der Waals surface area contributed by atoms with Gasteiger partial charge in [-0.15, -0.1) is 0 Å². The molecule has 2 aliphatic heterocycles. The summed E-state index contributed by atoms with van der Waals surface area (Å²) in [5, 5.41) is 4.28. The molecule has 0 bridgehead atoms. The van der Waals surface area contributed by atoms with E-state index in [2.05, 4.69) is 36.6 Å². The van der Waals surface area contributed by atoms with Crippen LogP contribution in [-0.2, 0) is 4.79 Å². The third-order valence-corrected chi connectivity index (χ3v) is 5.77. The van der Waals surface area contributed by atoms with Gasteiger partial charge in [-0.2, -0.15) is 11.3 Å². The van der Waals surface area contributed by atoms with Gasteiger partial charge in [0.2, 0.25) is 11.9 Å². The Hall–Kier alpha value is -1.95. The summed E-state index contributed by atoms with van der Waals surface area (Å²) in [6.07, 6.45) is 7.70. The lowest BCUT2D eigenvalue weighted by Crippen LogP contribution is -2.45. The zero-order chi connectivity index (χ0) is 16.4. The fourth-order valence-electron chi connectivity index (χ4n) is 3.89. The SMILES string of the molecule is O=C([C@H]1CCCN(c2ncccn2)C1)N1CCC[C@@H]1c1ccsc1. The summed E-state index contributed by atoms with van der Waals surface area (Å²) in [4.78, 5) is 26.1. The van der Waals surface area contributed by atoms with Crippen molar-refractivity contribution in [1.82, 2.24) is 14.9 Å². The molecule has 4 rings (SSSR count). The van der Waals surface area contributed by atoms with Crippen LogP contribution in [0.15, 0.2) is 35.3 Å². The average Bonchev–Trinajstić information content (AvgIpc) is 3.33. The minimum absolute atomic E-state index is 0.0572. The number of amides is 1. The Bertz CT molecular complexity index is 676. The predicted octanol–water partition coefficient (Wildman–Crippen LogP) is 3.12. The molecule has 0 unspecified atom stereocenters. The minimum Gasteiger partial charge on any atom is -0.340 e. The molecule has 126 valence electrons. The standard InChI is InChI=1S/C18H22N4OS/c23-17(22-10-2-5-16(22)15-6-11-24-13-15)14-4-1-9-21(12-14)18-19-7-3-8-20-18/h3,6-8,11,13-14,16H,1-2,4-5,9-10,12H2/t14-,16+/m0/s1. The minimum atomic E-state index is 0.0572. The van der Waals surface area contributed by atoms with Gasteiger partial charge < -0.3 is 9.80 Å². The number of likely N-dealkylation sites (tertiary alicyclic amines) is 1. The third kappa shape index (κ3) is 3.02. The van der Waals surface area contributed by atoms with Crippen molar-refractivity contribution in [1.29, 1.82) is 0 Å². The summed E-state index contributed by atoms with van der Waals surface area (Å²) in [5.41, 5.74) is 1.30. The number of aromatic nitrogens is 2. The molecule has 0 aliphatic carbocycles. The highest BCUT2D eigenvalue weighted by atomic mass is 32.1. The van der Waals surface area contributed by atoms with Gasteiger partial charge in [-0.25, -0.2) is 9.97 Å². The van der Waals surface area contributed by atoms with E-state index in [0.717, 1.165) is 51.3 Å². The number of nitrogens with zero attached hydrogens (tertiary/aromatic N) is 4. The van der Waals surface area contributed by atoms with E-state index >= 15 is 0 Å². The van der Waals surface area contributed by atoms with Crippen molar-refractivity contribution in [3.05, 3.63) is 40.8 Å². The molecular formula is C18H22N4OS. The van der Waals surface area contributed by atoms with Gasteiger partial charge in [0.15, 0.2) is 0 Å². The summed E-state index contributed by atoms with van der Waals surface area (Å²) in [5.74, 6) is 1.11. The zero-order valence-electron chi connectivity index (χ0n) is 13.7. The molecule has 0 N–H and O–H groups in total. The first-order valence-electron chi connectivity index (χ1n) is 8.67.